The van der Waals surface area contributed by atoms with Gasteiger partial charge in [-0.2, -0.15) is 4.98 Å². The van der Waals surface area contributed by atoms with E-state index >= 15 is 0 Å². The molecule has 0 spiro atoms. The van der Waals surface area contributed by atoms with Gasteiger partial charge in [-0.3, -0.25) is 0 Å². The van der Waals surface area contributed by atoms with Crippen molar-refractivity contribution in [2.24, 2.45) is 0 Å². The first-order chi connectivity index (χ1) is 9.63. The summed E-state index contributed by atoms with van der Waals surface area (Å²) in [7, 11) is 0. The Morgan fingerprint density at radius 2 is 2.30 bits per heavy atom. The monoisotopic (exact) mass is 355 g/mol. The fourth-order valence-electron chi connectivity index (χ4n) is 2.51. The summed E-state index contributed by atoms with van der Waals surface area (Å²) in [6.45, 7) is 3.18. The van der Waals surface area contributed by atoms with Crippen LogP contribution in [0, 0.1) is 0 Å². The van der Waals surface area contributed by atoms with Crippen LogP contribution in [0.3, 0.4) is 0 Å². The number of halogens is 2. The second kappa shape index (κ2) is 5.84. The maximum atomic E-state index is 5.99. The lowest BCUT2D eigenvalue weighted by Crippen LogP contribution is -2.34. The average Bonchev–Trinajstić information content (AvgIpc) is 2.92. The van der Waals surface area contributed by atoms with Gasteiger partial charge in [0.15, 0.2) is 0 Å². The van der Waals surface area contributed by atoms with Crippen molar-refractivity contribution in [2.75, 3.05) is 6.54 Å². The Bertz CT molecular complexity index is 616. The highest BCUT2D eigenvalue weighted by molar-refractivity contribution is 9.10. The highest BCUT2D eigenvalue weighted by Gasteiger charge is 2.25. The summed E-state index contributed by atoms with van der Waals surface area (Å²) < 4.78 is 6.27. The summed E-state index contributed by atoms with van der Waals surface area (Å²) in [6.07, 6.45) is 2.07. The van der Waals surface area contributed by atoms with Crippen LogP contribution in [0.15, 0.2) is 27.2 Å². The maximum Gasteiger partial charge on any atom is 0.230 e. The lowest BCUT2D eigenvalue weighted by molar-refractivity contribution is 0.295. The molecule has 0 saturated carbocycles. The van der Waals surface area contributed by atoms with Gasteiger partial charge < -0.3 is 9.84 Å². The van der Waals surface area contributed by atoms with E-state index in [4.69, 9.17) is 16.1 Å². The van der Waals surface area contributed by atoms with Crippen LogP contribution in [0.2, 0.25) is 5.02 Å². The molecule has 0 aliphatic carbocycles. The standard InChI is InChI=1S/C14H15BrClN3O/c1-8-6-10(4-5-17-8)14-18-13(19-20-14)9-2-3-12(16)11(15)7-9/h2-3,7-8,10,17H,4-6H2,1H3. The van der Waals surface area contributed by atoms with Gasteiger partial charge in [0, 0.05) is 22.0 Å². The second-order valence-corrected chi connectivity index (χ2v) is 6.42. The quantitative estimate of drug-likeness (QED) is 0.883. The zero-order chi connectivity index (χ0) is 14.1. The summed E-state index contributed by atoms with van der Waals surface area (Å²) in [5.74, 6) is 1.70. The molecule has 6 heteroatoms. The molecule has 4 nitrogen and oxygen atoms in total. The van der Waals surface area contributed by atoms with E-state index in [-0.39, 0.29) is 0 Å². The van der Waals surface area contributed by atoms with Crippen LogP contribution in [0.1, 0.15) is 31.6 Å². The molecule has 1 aliphatic heterocycles. The molecule has 3 rings (SSSR count). The molecule has 2 atom stereocenters. The van der Waals surface area contributed by atoms with Gasteiger partial charge in [-0.05, 0) is 60.4 Å². The van der Waals surface area contributed by atoms with Crippen molar-refractivity contribution in [2.45, 2.75) is 31.7 Å². The normalized spacial score (nSPS) is 22.9. The third kappa shape index (κ3) is 2.90. The first kappa shape index (κ1) is 14.0. The van der Waals surface area contributed by atoms with E-state index in [2.05, 4.69) is 38.3 Å². The maximum absolute atomic E-state index is 5.99. The molecule has 1 aromatic carbocycles. The van der Waals surface area contributed by atoms with Gasteiger partial charge in [-0.1, -0.05) is 16.8 Å². The van der Waals surface area contributed by atoms with E-state index < -0.39 is 0 Å². The van der Waals surface area contributed by atoms with Gasteiger partial charge in [-0.25, -0.2) is 0 Å². The van der Waals surface area contributed by atoms with E-state index in [1.54, 1.807) is 0 Å². The van der Waals surface area contributed by atoms with E-state index in [1.807, 2.05) is 18.2 Å². The first-order valence-electron chi connectivity index (χ1n) is 6.66. The molecule has 1 saturated heterocycles. The topological polar surface area (TPSA) is 51.0 Å². The molecule has 20 heavy (non-hydrogen) atoms. The number of nitrogens with zero attached hydrogens (tertiary/aromatic N) is 2. The predicted molar refractivity (Wildman–Crippen MR) is 81.9 cm³/mol. The molecule has 1 fully saturated rings. The zero-order valence-corrected chi connectivity index (χ0v) is 13.4. The molecular formula is C14H15BrClN3O. The van der Waals surface area contributed by atoms with Gasteiger partial charge in [0.25, 0.3) is 0 Å². The van der Waals surface area contributed by atoms with Crippen molar-refractivity contribution in [3.63, 3.8) is 0 Å². The summed E-state index contributed by atoms with van der Waals surface area (Å²) in [4.78, 5) is 4.54. The second-order valence-electron chi connectivity index (χ2n) is 5.16. The van der Waals surface area contributed by atoms with Crippen LogP contribution >= 0.6 is 27.5 Å². The third-order valence-corrected chi connectivity index (χ3v) is 4.81. The molecule has 1 aliphatic rings. The summed E-state index contributed by atoms with van der Waals surface area (Å²) >= 11 is 9.40. The van der Waals surface area contributed by atoms with Crippen LogP contribution in [0.25, 0.3) is 11.4 Å². The van der Waals surface area contributed by atoms with Crippen LogP contribution < -0.4 is 5.32 Å². The minimum absolute atomic E-state index is 0.350. The summed E-state index contributed by atoms with van der Waals surface area (Å²) in [6, 6.07) is 6.12. The number of hydrogen-bond acceptors (Lipinski definition) is 4. The fourth-order valence-corrected chi connectivity index (χ4v) is 3.01. The molecule has 1 aromatic heterocycles. The molecule has 0 bridgehead atoms. The lowest BCUT2D eigenvalue weighted by Gasteiger charge is -2.25. The van der Waals surface area contributed by atoms with Crippen molar-refractivity contribution >= 4 is 27.5 Å². The highest BCUT2D eigenvalue weighted by atomic mass is 79.9. The largest absolute Gasteiger partial charge is 0.339 e. The summed E-state index contributed by atoms with van der Waals surface area (Å²) in [5.41, 5.74) is 0.901. The van der Waals surface area contributed by atoms with Gasteiger partial charge in [0.05, 0.1) is 5.02 Å². The smallest absolute Gasteiger partial charge is 0.230 e. The Morgan fingerprint density at radius 3 is 3.05 bits per heavy atom. The Kier molecular flexibility index (Phi) is 4.10. The Balaban J connectivity index is 1.84. The lowest BCUT2D eigenvalue weighted by atomic mass is 9.93. The van der Waals surface area contributed by atoms with E-state index in [0.29, 0.717) is 22.8 Å². The number of hydrogen-bond donors (Lipinski definition) is 1. The number of aromatic nitrogens is 2. The molecule has 0 amide bonds. The number of piperidine rings is 1. The van der Waals surface area contributed by atoms with Gasteiger partial charge >= 0.3 is 0 Å². The van der Waals surface area contributed by atoms with Crippen molar-refractivity contribution < 1.29 is 4.52 Å². The van der Waals surface area contributed by atoms with Crippen LogP contribution in [0.5, 0.6) is 0 Å². The van der Waals surface area contributed by atoms with Crippen molar-refractivity contribution in [1.82, 2.24) is 15.5 Å². The highest BCUT2D eigenvalue weighted by Crippen LogP contribution is 2.30. The Labute approximate surface area is 131 Å². The van der Waals surface area contributed by atoms with Crippen molar-refractivity contribution in [3.05, 3.63) is 33.6 Å². The first-order valence-corrected chi connectivity index (χ1v) is 7.83. The van der Waals surface area contributed by atoms with E-state index in [1.165, 1.54) is 0 Å². The number of benzene rings is 1. The van der Waals surface area contributed by atoms with E-state index in [9.17, 15) is 0 Å². The molecule has 0 radical (unpaired) electrons. The van der Waals surface area contributed by atoms with Gasteiger partial charge in [-0.15, -0.1) is 0 Å². The number of rotatable bonds is 2. The van der Waals surface area contributed by atoms with Crippen LogP contribution in [0.4, 0.5) is 0 Å². The SMILES string of the molecule is CC1CC(c2nc(-c3ccc(Cl)c(Br)c3)no2)CCN1. The predicted octanol–water partition coefficient (Wildman–Crippen LogP) is 4.01. The van der Waals surface area contributed by atoms with Gasteiger partial charge in [0.1, 0.15) is 0 Å². The minimum Gasteiger partial charge on any atom is -0.339 e. The molecule has 106 valence electrons. The van der Waals surface area contributed by atoms with Crippen molar-refractivity contribution in [1.29, 1.82) is 0 Å². The molecule has 2 heterocycles. The Hall–Kier alpha value is -0.910. The van der Waals surface area contributed by atoms with Crippen LogP contribution in [-0.4, -0.2) is 22.7 Å². The molecule has 1 N–H and O–H groups in total. The Morgan fingerprint density at radius 1 is 1.45 bits per heavy atom. The number of nitrogens with one attached hydrogen (secondary N) is 1. The molecule has 2 aromatic rings. The molecular weight excluding hydrogens is 342 g/mol. The third-order valence-electron chi connectivity index (χ3n) is 3.59. The summed E-state index contributed by atoms with van der Waals surface area (Å²) in [5, 5.41) is 8.18. The zero-order valence-electron chi connectivity index (χ0n) is 11.1. The fraction of sp³-hybridized carbons (Fsp3) is 0.429. The van der Waals surface area contributed by atoms with E-state index in [0.717, 1.165) is 35.3 Å². The van der Waals surface area contributed by atoms with Crippen LogP contribution in [-0.2, 0) is 0 Å². The molecule has 2 unspecified atom stereocenters. The minimum atomic E-state index is 0.350. The van der Waals surface area contributed by atoms with Gasteiger partial charge in [0.2, 0.25) is 11.7 Å². The average molecular weight is 357 g/mol. The van der Waals surface area contributed by atoms with Crippen molar-refractivity contribution in [3.8, 4) is 11.4 Å².